The van der Waals surface area contributed by atoms with Crippen LogP contribution in [0.1, 0.15) is 55.2 Å². The van der Waals surface area contributed by atoms with Crippen LogP contribution in [0.25, 0.3) is 0 Å². The molecule has 7 nitrogen and oxygen atoms in total. The van der Waals surface area contributed by atoms with E-state index in [-0.39, 0.29) is 24.1 Å². The number of aromatic hydroxyl groups is 1. The highest BCUT2D eigenvalue weighted by Gasteiger charge is 2.41. The summed E-state index contributed by atoms with van der Waals surface area (Å²) in [6.45, 7) is 4.14. The summed E-state index contributed by atoms with van der Waals surface area (Å²) in [7, 11) is 1.63. The third-order valence-electron chi connectivity index (χ3n) is 7.46. The van der Waals surface area contributed by atoms with E-state index in [1.807, 2.05) is 68.4 Å². The van der Waals surface area contributed by atoms with Crippen LogP contribution < -0.4 is 14.8 Å². The Morgan fingerprint density at radius 3 is 2.42 bits per heavy atom. The smallest absolute Gasteiger partial charge is 0.337 e. The van der Waals surface area contributed by atoms with Crippen LogP contribution >= 0.6 is 0 Å². The van der Waals surface area contributed by atoms with Crippen molar-refractivity contribution in [1.82, 2.24) is 5.32 Å². The van der Waals surface area contributed by atoms with Crippen molar-refractivity contribution in [3.05, 3.63) is 112 Å². The van der Waals surface area contributed by atoms with Gasteiger partial charge in [-0.1, -0.05) is 48.5 Å². The SMILES string of the molecule is CCOc1cc([C@@H]2C(C(=O)OCc3ccccc3)=C(C)NC3=C2C(=O)C[C@H](c2ccc(OC)cc2)C3)ccc1O. The molecule has 0 spiro atoms. The van der Waals surface area contributed by atoms with E-state index in [9.17, 15) is 14.7 Å². The second kappa shape index (κ2) is 11.7. The minimum atomic E-state index is -0.663. The molecule has 2 aliphatic rings. The number of Topliss-reactive ketones (excluding diaryl/α,β-unsaturated/α-hetero) is 1. The van der Waals surface area contributed by atoms with Gasteiger partial charge < -0.3 is 24.6 Å². The summed E-state index contributed by atoms with van der Waals surface area (Å²) in [6.07, 6.45) is 0.926. The lowest BCUT2D eigenvalue weighted by atomic mass is 9.71. The van der Waals surface area contributed by atoms with Crippen molar-refractivity contribution in [3.63, 3.8) is 0 Å². The van der Waals surface area contributed by atoms with Gasteiger partial charge in [-0.2, -0.15) is 0 Å². The van der Waals surface area contributed by atoms with Gasteiger partial charge in [0.25, 0.3) is 0 Å². The molecular formula is C33H33NO6. The first-order chi connectivity index (χ1) is 19.4. The maximum atomic E-state index is 13.9. The first-order valence-corrected chi connectivity index (χ1v) is 13.4. The highest BCUT2D eigenvalue weighted by molar-refractivity contribution is 6.04. The number of hydrogen-bond donors (Lipinski definition) is 2. The molecular weight excluding hydrogens is 506 g/mol. The van der Waals surface area contributed by atoms with E-state index in [1.165, 1.54) is 6.07 Å². The molecule has 2 N–H and O–H groups in total. The van der Waals surface area contributed by atoms with Crippen LogP contribution in [0.2, 0.25) is 0 Å². The van der Waals surface area contributed by atoms with Crippen LogP contribution in [-0.4, -0.2) is 30.6 Å². The zero-order valence-corrected chi connectivity index (χ0v) is 22.9. The van der Waals surface area contributed by atoms with Crippen molar-refractivity contribution in [2.24, 2.45) is 0 Å². The Labute approximate surface area is 234 Å². The predicted octanol–water partition coefficient (Wildman–Crippen LogP) is 5.90. The topological polar surface area (TPSA) is 94.1 Å². The highest BCUT2D eigenvalue weighted by Crippen LogP contribution is 2.47. The fourth-order valence-corrected chi connectivity index (χ4v) is 5.54. The number of carbonyl (C=O) groups is 2. The Hall–Kier alpha value is -4.52. The average Bonchev–Trinajstić information content (AvgIpc) is 2.97. The Morgan fingerprint density at radius 2 is 1.73 bits per heavy atom. The predicted molar refractivity (Wildman–Crippen MR) is 151 cm³/mol. The highest BCUT2D eigenvalue weighted by atomic mass is 16.5. The molecule has 40 heavy (non-hydrogen) atoms. The molecule has 0 bridgehead atoms. The fraction of sp³-hybridized carbons (Fsp3) is 0.273. The van der Waals surface area contributed by atoms with Gasteiger partial charge in [-0.25, -0.2) is 4.79 Å². The number of allylic oxidation sites excluding steroid dienone is 3. The summed E-state index contributed by atoms with van der Waals surface area (Å²) in [5.41, 5.74) is 4.96. The van der Waals surface area contributed by atoms with Gasteiger partial charge in [-0.3, -0.25) is 4.79 Å². The van der Waals surface area contributed by atoms with E-state index in [0.29, 0.717) is 47.6 Å². The number of ketones is 1. The van der Waals surface area contributed by atoms with Gasteiger partial charge in [0.15, 0.2) is 17.3 Å². The molecule has 2 atom stereocenters. The number of rotatable bonds is 8. The lowest BCUT2D eigenvalue weighted by molar-refractivity contribution is -0.140. The van der Waals surface area contributed by atoms with Crippen molar-refractivity contribution >= 4 is 11.8 Å². The maximum Gasteiger partial charge on any atom is 0.337 e. The standard InChI is InChI=1S/C33H33NO6/c1-4-39-29-18-23(12-15-27(29)35)31-30(33(37)40-19-21-8-6-5-7-9-21)20(2)34-26-16-24(17-28(36)32(26)31)22-10-13-25(38-3)14-11-22/h5-15,18,24,31,34-35H,4,16-17,19H2,1-3H3/t24-,31-/m1/s1. The van der Waals surface area contributed by atoms with E-state index >= 15 is 0 Å². The molecule has 0 saturated heterocycles. The maximum absolute atomic E-state index is 13.9. The molecule has 0 fully saturated rings. The number of phenolic OH excluding ortho intramolecular Hbond substituents is 1. The van der Waals surface area contributed by atoms with Crippen molar-refractivity contribution in [2.75, 3.05) is 13.7 Å². The molecule has 1 heterocycles. The summed E-state index contributed by atoms with van der Waals surface area (Å²) in [4.78, 5) is 27.5. The number of methoxy groups -OCH3 is 1. The Kier molecular flexibility index (Phi) is 7.91. The molecule has 0 saturated carbocycles. The van der Waals surface area contributed by atoms with Gasteiger partial charge in [0.05, 0.1) is 19.3 Å². The molecule has 206 valence electrons. The quantitative estimate of drug-likeness (QED) is 0.344. The van der Waals surface area contributed by atoms with Gasteiger partial charge in [0.2, 0.25) is 0 Å². The molecule has 5 rings (SSSR count). The fourth-order valence-electron chi connectivity index (χ4n) is 5.54. The number of phenols is 1. The van der Waals surface area contributed by atoms with Gasteiger partial charge in [-0.15, -0.1) is 0 Å². The van der Waals surface area contributed by atoms with Crippen LogP contribution in [0.4, 0.5) is 0 Å². The van der Waals surface area contributed by atoms with Crippen LogP contribution in [-0.2, 0) is 20.9 Å². The minimum absolute atomic E-state index is 0.00261. The van der Waals surface area contributed by atoms with E-state index in [1.54, 1.807) is 19.2 Å². The summed E-state index contributed by atoms with van der Waals surface area (Å²) in [5, 5.41) is 13.7. The summed E-state index contributed by atoms with van der Waals surface area (Å²) in [6, 6.07) is 22.2. The van der Waals surface area contributed by atoms with Gasteiger partial charge in [0, 0.05) is 29.3 Å². The van der Waals surface area contributed by atoms with Crippen LogP contribution in [0.5, 0.6) is 17.2 Å². The zero-order valence-electron chi connectivity index (χ0n) is 22.9. The molecule has 1 aliphatic carbocycles. The minimum Gasteiger partial charge on any atom is -0.504 e. The summed E-state index contributed by atoms with van der Waals surface area (Å²) < 4.78 is 16.7. The Bertz CT molecular complexity index is 1470. The van der Waals surface area contributed by atoms with Gasteiger partial charge in [-0.05, 0) is 67.1 Å². The number of benzene rings is 3. The van der Waals surface area contributed by atoms with E-state index in [2.05, 4.69) is 5.32 Å². The second-order valence-corrected chi connectivity index (χ2v) is 10.0. The lowest BCUT2D eigenvalue weighted by Crippen LogP contribution is -2.36. The number of ether oxygens (including phenoxy) is 3. The van der Waals surface area contributed by atoms with Crippen molar-refractivity contribution in [2.45, 2.75) is 45.1 Å². The normalized spacial score (nSPS) is 18.6. The van der Waals surface area contributed by atoms with Crippen LogP contribution in [0.15, 0.2) is 95.3 Å². The molecule has 0 aromatic heterocycles. The first-order valence-electron chi connectivity index (χ1n) is 13.4. The second-order valence-electron chi connectivity index (χ2n) is 10.0. The van der Waals surface area contributed by atoms with Crippen molar-refractivity contribution < 1.29 is 28.9 Å². The molecule has 0 amide bonds. The summed E-state index contributed by atoms with van der Waals surface area (Å²) >= 11 is 0. The lowest BCUT2D eigenvalue weighted by Gasteiger charge is -2.36. The molecule has 7 heteroatoms. The number of dihydropyridines is 1. The number of carbonyl (C=O) groups excluding carboxylic acids is 2. The van der Waals surface area contributed by atoms with Crippen LogP contribution in [0, 0.1) is 0 Å². The van der Waals surface area contributed by atoms with E-state index < -0.39 is 11.9 Å². The number of nitrogens with one attached hydrogen (secondary N) is 1. The van der Waals surface area contributed by atoms with Gasteiger partial charge >= 0.3 is 5.97 Å². The molecule has 3 aromatic carbocycles. The molecule has 3 aromatic rings. The number of hydrogen-bond acceptors (Lipinski definition) is 7. The Balaban J connectivity index is 1.53. The Morgan fingerprint density at radius 1 is 1.00 bits per heavy atom. The van der Waals surface area contributed by atoms with E-state index in [4.69, 9.17) is 14.2 Å². The molecule has 0 radical (unpaired) electrons. The first kappa shape index (κ1) is 27.1. The van der Waals surface area contributed by atoms with Gasteiger partial charge in [0.1, 0.15) is 12.4 Å². The third kappa shape index (κ3) is 5.45. The summed E-state index contributed by atoms with van der Waals surface area (Å²) in [5.74, 6) is -0.150. The van der Waals surface area contributed by atoms with Crippen molar-refractivity contribution in [3.8, 4) is 17.2 Å². The van der Waals surface area contributed by atoms with Crippen LogP contribution in [0.3, 0.4) is 0 Å². The number of esters is 1. The van der Waals surface area contributed by atoms with E-state index in [0.717, 1.165) is 22.6 Å². The zero-order chi connectivity index (χ0) is 28.2. The third-order valence-corrected chi connectivity index (χ3v) is 7.46. The molecule has 1 aliphatic heterocycles. The molecule has 0 unspecified atom stereocenters. The van der Waals surface area contributed by atoms with Crippen molar-refractivity contribution in [1.29, 1.82) is 0 Å². The monoisotopic (exact) mass is 539 g/mol. The average molecular weight is 540 g/mol. The largest absolute Gasteiger partial charge is 0.504 e.